The summed E-state index contributed by atoms with van der Waals surface area (Å²) in [5.41, 5.74) is 0.415. The first-order valence-corrected chi connectivity index (χ1v) is 9.38. The van der Waals surface area contributed by atoms with Crippen LogP contribution in [-0.2, 0) is 13.6 Å². The molecule has 0 bridgehead atoms. The Morgan fingerprint density at radius 2 is 1.61 bits per heavy atom. The number of carbonyl (C=O) groups excluding carboxylic acids is 1. The van der Waals surface area contributed by atoms with Crippen molar-refractivity contribution < 1.29 is 18.4 Å². The van der Waals surface area contributed by atoms with E-state index in [9.17, 15) is 9.36 Å². The van der Waals surface area contributed by atoms with Gasteiger partial charge in [-0.25, -0.2) is 4.79 Å². The molecule has 0 fully saturated rings. The fourth-order valence-corrected chi connectivity index (χ4v) is 4.00. The molecule has 0 unspecified atom stereocenters. The number of hydrogen-bond acceptors (Lipinski definition) is 4. The number of halogens is 2. The molecule has 9 heteroatoms. The molecule has 0 saturated carbocycles. The van der Waals surface area contributed by atoms with E-state index in [1.807, 2.05) is 0 Å². The van der Waals surface area contributed by atoms with Gasteiger partial charge >= 0.3 is 13.6 Å². The van der Waals surface area contributed by atoms with Gasteiger partial charge in [0.15, 0.2) is 0 Å². The molecule has 2 amide bonds. The van der Waals surface area contributed by atoms with Gasteiger partial charge in [-0.05, 0) is 45.9 Å². The van der Waals surface area contributed by atoms with E-state index in [0.717, 1.165) is 0 Å². The minimum absolute atomic E-state index is 0.202. The molecule has 1 aromatic carbocycles. The Morgan fingerprint density at radius 1 is 1.13 bits per heavy atom. The van der Waals surface area contributed by atoms with Crippen LogP contribution in [0, 0.1) is 0 Å². The first-order chi connectivity index (χ1) is 10.6. The normalized spacial score (nSPS) is 12.1. The lowest BCUT2D eigenvalue weighted by Gasteiger charge is -2.33. The van der Waals surface area contributed by atoms with E-state index in [1.54, 1.807) is 45.9 Å². The molecule has 0 aromatic heterocycles. The fraction of sp³-hybridized carbons (Fsp3) is 0.500. The zero-order chi connectivity index (χ0) is 17.7. The Bertz CT molecular complexity index is 580. The topological polar surface area (TPSA) is 76.7 Å². The molecule has 0 aliphatic rings. The maximum atomic E-state index is 12.8. The zero-order valence-electron chi connectivity index (χ0n) is 13.5. The smallest absolute Gasteiger partial charge is 0.321 e. The van der Waals surface area contributed by atoms with Crippen molar-refractivity contribution in [1.29, 1.82) is 0 Å². The molecule has 0 aliphatic heterocycles. The predicted octanol–water partition coefficient (Wildman–Crippen LogP) is 5.12. The van der Waals surface area contributed by atoms with E-state index in [0.29, 0.717) is 15.7 Å². The van der Waals surface area contributed by atoms with Gasteiger partial charge in [0.25, 0.3) is 0 Å². The largest absolute Gasteiger partial charge is 0.355 e. The number of amides is 2. The van der Waals surface area contributed by atoms with Gasteiger partial charge in [-0.2, -0.15) is 0 Å². The number of rotatable bonds is 7. The molecular weight excluding hydrogens is 362 g/mol. The molecule has 0 heterocycles. The number of hydrogen-bond donors (Lipinski definition) is 2. The highest BCUT2D eigenvalue weighted by Crippen LogP contribution is 2.58. The third kappa shape index (κ3) is 5.66. The lowest BCUT2D eigenvalue weighted by molar-refractivity contribution is 0.191. The minimum Gasteiger partial charge on any atom is -0.321 e. The fourth-order valence-electron chi connectivity index (χ4n) is 1.83. The van der Waals surface area contributed by atoms with Crippen LogP contribution in [0.25, 0.3) is 0 Å². The van der Waals surface area contributed by atoms with Crippen LogP contribution in [-0.4, -0.2) is 24.5 Å². The van der Waals surface area contributed by atoms with Crippen molar-refractivity contribution in [2.45, 2.75) is 33.0 Å². The second-order valence-corrected chi connectivity index (χ2v) is 8.63. The number of carbonyl (C=O) groups is 1. The maximum Gasteiger partial charge on any atom is 0.355 e. The lowest BCUT2D eigenvalue weighted by atomic mass is 10.3. The van der Waals surface area contributed by atoms with Crippen molar-refractivity contribution in [3.05, 3.63) is 28.2 Å². The van der Waals surface area contributed by atoms with Crippen molar-refractivity contribution >= 4 is 42.5 Å². The van der Waals surface area contributed by atoms with E-state index in [-0.39, 0.29) is 13.2 Å². The lowest BCUT2D eigenvalue weighted by Crippen LogP contribution is -2.46. The van der Waals surface area contributed by atoms with Crippen LogP contribution in [0.4, 0.5) is 10.5 Å². The molecule has 0 aliphatic carbocycles. The molecule has 23 heavy (non-hydrogen) atoms. The molecule has 2 N–H and O–H groups in total. The number of benzene rings is 1. The number of anilines is 1. The van der Waals surface area contributed by atoms with Gasteiger partial charge in [-0.1, -0.05) is 23.2 Å². The summed E-state index contributed by atoms with van der Waals surface area (Å²) < 4.78 is 23.3. The third-order valence-corrected chi connectivity index (χ3v) is 5.94. The summed E-state index contributed by atoms with van der Waals surface area (Å²) in [5.74, 6) is 0. The van der Waals surface area contributed by atoms with E-state index in [4.69, 9.17) is 32.2 Å². The van der Waals surface area contributed by atoms with Crippen molar-refractivity contribution in [3.8, 4) is 0 Å². The van der Waals surface area contributed by atoms with Crippen LogP contribution in [0.15, 0.2) is 18.2 Å². The van der Waals surface area contributed by atoms with Crippen LogP contribution in [0.5, 0.6) is 0 Å². The first kappa shape index (κ1) is 20.3. The summed E-state index contributed by atoms with van der Waals surface area (Å²) in [5, 5.41) is 4.75. The van der Waals surface area contributed by atoms with Crippen LogP contribution in [0.3, 0.4) is 0 Å². The van der Waals surface area contributed by atoms with E-state index in [2.05, 4.69) is 10.6 Å². The SMILES string of the molecule is CCOP(=O)(OCC)C(C)(C)NC(=O)Nc1cc(Cl)cc(Cl)c1. The van der Waals surface area contributed by atoms with Crippen LogP contribution >= 0.6 is 30.8 Å². The minimum atomic E-state index is -3.52. The highest BCUT2D eigenvalue weighted by Gasteiger charge is 2.44. The van der Waals surface area contributed by atoms with E-state index in [1.165, 1.54) is 0 Å². The first-order valence-electron chi connectivity index (χ1n) is 7.08. The Morgan fingerprint density at radius 3 is 2.04 bits per heavy atom. The van der Waals surface area contributed by atoms with Crippen molar-refractivity contribution in [2.75, 3.05) is 18.5 Å². The van der Waals surface area contributed by atoms with Crippen LogP contribution in [0.2, 0.25) is 10.0 Å². The Balaban J connectivity index is 2.86. The Labute approximate surface area is 146 Å². The molecule has 0 saturated heterocycles. The summed E-state index contributed by atoms with van der Waals surface area (Å²) in [7, 11) is -3.52. The molecular formula is C14H21Cl2N2O4P. The summed E-state index contributed by atoms with van der Waals surface area (Å²) in [6.07, 6.45) is 0. The highest BCUT2D eigenvalue weighted by molar-refractivity contribution is 7.55. The van der Waals surface area contributed by atoms with Gasteiger partial charge < -0.3 is 19.7 Å². The highest BCUT2D eigenvalue weighted by atomic mass is 35.5. The van der Waals surface area contributed by atoms with Crippen LogP contribution < -0.4 is 10.6 Å². The second-order valence-electron chi connectivity index (χ2n) is 5.13. The van der Waals surface area contributed by atoms with Gasteiger partial charge in [-0.15, -0.1) is 0 Å². The Hall–Kier alpha value is -0.780. The van der Waals surface area contributed by atoms with Gasteiger partial charge in [-0.3, -0.25) is 4.57 Å². The predicted molar refractivity (Wildman–Crippen MR) is 93.6 cm³/mol. The third-order valence-electron chi connectivity index (χ3n) is 2.82. The van der Waals surface area contributed by atoms with E-state index < -0.39 is 18.9 Å². The molecule has 0 radical (unpaired) electrons. The van der Waals surface area contributed by atoms with Crippen molar-refractivity contribution in [3.63, 3.8) is 0 Å². The average molecular weight is 383 g/mol. The van der Waals surface area contributed by atoms with Crippen molar-refractivity contribution in [2.24, 2.45) is 0 Å². The molecule has 0 atom stereocenters. The summed E-state index contributed by atoms with van der Waals surface area (Å²) >= 11 is 11.8. The molecule has 6 nitrogen and oxygen atoms in total. The summed E-state index contributed by atoms with van der Waals surface area (Å²) in [6, 6.07) is 4.07. The average Bonchev–Trinajstić information content (AvgIpc) is 2.36. The van der Waals surface area contributed by atoms with Gasteiger partial charge in [0, 0.05) is 15.7 Å². The van der Waals surface area contributed by atoms with Crippen molar-refractivity contribution in [1.82, 2.24) is 5.32 Å². The Kier molecular flexibility index (Phi) is 7.36. The van der Waals surface area contributed by atoms with E-state index >= 15 is 0 Å². The standard InChI is InChI=1S/C14H21Cl2N2O4P/c1-5-21-23(20,22-6-2)14(3,4)18-13(19)17-12-8-10(15)7-11(16)9-12/h7-9H,5-6H2,1-4H3,(H2,17,18,19). The zero-order valence-corrected chi connectivity index (χ0v) is 15.9. The van der Waals surface area contributed by atoms with Crippen LogP contribution in [0.1, 0.15) is 27.7 Å². The summed E-state index contributed by atoms with van der Waals surface area (Å²) in [6.45, 7) is 6.96. The second kappa shape index (κ2) is 8.36. The van der Waals surface area contributed by atoms with Gasteiger partial charge in [0.05, 0.1) is 13.2 Å². The molecule has 130 valence electrons. The van der Waals surface area contributed by atoms with Gasteiger partial charge in [0.2, 0.25) is 0 Å². The maximum absolute atomic E-state index is 12.8. The molecule has 1 aromatic rings. The molecule has 1 rings (SSSR count). The monoisotopic (exact) mass is 382 g/mol. The number of urea groups is 1. The summed E-state index contributed by atoms with van der Waals surface area (Å²) in [4.78, 5) is 12.2. The molecule has 0 spiro atoms. The van der Waals surface area contributed by atoms with Gasteiger partial charge in [0.1, 0.15) is 5.28 Å². The quantitative estimate of drug-likeness (QED) is 0.641. The number of nitrogens with one attached hydrogen (secondary N) is 2.